The van der Waals surface area contributed by atoms with Crippen molar-refractivity contribution < 1.29 is 19.1 Å². The Labute approximate surface area is 216 Å². The molecule has 2 aromatic carbocycles. The molecule has 0 bridgehead atoms. The second-order valence-electron chi connectivity index (χ2n) is 8.14. The molecule has 5 aromatic rings. The number of thiophene rings is 1. The van der Waals surface area contributed by atoms with E-state index < -0.39 is 11.8 Å². The van der Waals surface area contributed by atoms with Crippen LogP contribution in [0.4, 0.5) is 11.4 Å². The lowest BCUT2D eigenvalue weighted by Gasteiger charge is -2.12. The summed E-state index contributed by atoms with van der Waals surface area (Å²) < 4.78 is 12.4. The van der Waals surface area contributed by atoms with Crippen LogP contribution in [0.5, 0.6) is 17.2 Å². The van der Waals surface area contributed by atoms with Crippen molar-refractivity contribution in [3.8, 4) is 27.8 Å². The Bertz CT molecular complexity index is 1580. The molecule has 37 heavy (non-hydrogen) atoms. The fourth-order valence-electron chi connectivity index (χ4n) is 3.77. The van der Waals surface area contributed by atoms with Gasteiger partial charge in [-0.3, -0.25) is 14.6 Å². The van der Waals surface area contributed by atoms with Gasteiger partial charge in [-0.05, 0) is 48.9 Å². The molecule has 9 nitrogen and oxygen atoms in total. The Balaban J connectivity index is 1.25. The Kier molecular flexibility index (Phi) is 6.82. The molecule has 0 aliphatic rings. The van der Waals surface area contributed by atoms with Crippen LogP contribution in [0.25, 0.3) is 20.8 Å². The molecular weight excluding hydrogens is 490 g/mol. The van der Waals surface area contributed by atoms with E-state index in [1.54, 1.807) is 66.3 Å². The highest BCUT2D eigenvalue weighted by molar-refractivity contribution is 7.22. The Morgan fingerprint density at radius 3 is 2.59 bits per heavy atom. The molecular formula is C27H23N5O4S. The fourth-order valence-corrected chi connectivity index (χ4v) is 4.80. The standard InChI is InChI=1S/C27H23N5O4S/c1-16-11-17(31-25(33)13-26(34)32-18-5-3-4-6-22(18)35-2)7-8-21(16)36-23-9-10-29-19-12-24(37-27(19)23)20-14-28-15-30-20/h3-12,14-15H,13H2,1-2H3,(H,28,30)(H,31,33)(H,32,34). The van der Waals surface area contributed by atoms with Crippen molar-refractivity contribution in [2.75, 3.05) is 17.7 Å². The number of hydrogen-bond donors (Lipinski definition) is 3. The van der Waals surface area contributed by atoms with E-state index >= 15 is 0 Å². The van der Waals surface area contributed by atoms with Gasteiger partial charge in [0, 0.05) is 24.1 Å². The molecule has 5 rings (SSSR count). The number of benzene rings is 2. The zero-order valence-corrected chi connectivity index (χ0v) is 20.9. The number of pyridine rings is 1. The number of imidazole rings is 1. The molecule has 0 saturated heterocycles. The number of amides is 2. The number of aromatic nitrogens is 3. The van der Waals surface area contributed by atoms with Gasteiger partial charge in [0.05, 0.1) is 39.9 Å². The van der Waals surface area contributed by atoms with E-state index in [0.29, 0.717) is 28.6 Å². The average molecular weight is 514 g/mol. The van der Waals surface area contributed by atoms with Crippen molar-refractivity contribution in [1.29, 1.82) is 0 Å². The first kappa shape index (κ1) is 24.0. The average Bonchev–Trinajstić information content (AvgIpc) is 3.56. The van der Waals surface area contributed by atoms with Gasteiger partial charge in [0.2, 0.25) is 11.8 Å². The monoisotopic (exact) mass is 513 g/mol. The van der Waals surface area contributed by atoms with Crippen LogP contribution in [0.3, 0.4) is 0 Å². The van der Waals surface area contributed by atoms with E-state index in [1.807, 2.05) is 25.3 Å². The number of fused-ring (bicyclic) bond motifs is 1. The van der Waals surface area contributed by atoms with E-state index in [4.69, 9.17) is 9.47 Å². The number of methoxy groups -OCH3 is 1. The molecule has 3 aromatic heterocycles. The summed E-state index contributed by atoms with van der Waals surface area (Å²) in [4.78, 5) is 37.5. The van der Waals surface area contributed by atoms with Crippen molar-refractivity contribution in [3.05, 3.63) is 78.9 Å². The van der Waals surface area contributed by atoms with Crippen LogP contribution >= 0.6 is 11.3 Å². The van der Waals surface area contributed by atoms with Crippen LogP contribution in [-0.4, -0.2) is 33.9 Å². The van der Waals surface area contributed by atoms with Gasteiger partial charge in [-0.2, -0.15) is 0 Å². The predicted octanol–water partition coefficient (Wildman–Crippen LogP) is 5.76. The maximum absolute atomic E-state index is 12.5. The zero-order valence-electron chi connectivity index (χ0n) is 20.1. The first-order chi connectivity index (χ1) is 18.0. The number of aryl methyl sites for hydroxylation is 1. The van der Waals surface area contributed by atoms with Gasteiger partial charge in [-0.25, -0.2) is 4.98 Å². The summed E-state index contributed by atoms with van der Waals surface area (Å²) in [6, 6.07) is 16.1. The molecule has 3 N–H and O–H groups in total. The van der Waals surface area contributed by atoms with Crippen molar-refractivity contribution in [1.82, 2.24) is 15.0 Å². The third kappa shape index (κ3) is 5.44. The molecule has 0 fully saturated rings. The molecule has 0 spiro atoms. The highest BCUT2D eigenvalue weighted by Gasteiger charge is 2.15. The topological polar surface area (TPSA) is 118 Å². The van der Waals surface area contributed by atoms with Crippen LogP contribution in [0.15, 0.2) is 73.3 Å². The second kappa shape index (κ2) is 10.5. The Hall–Kier alpha value is -4.70. The van der Waals surface area contributed by atoms with Gasteiger partial charge in [0.1, 0.15) is 23.7 Å². The number of rotatable bonds is 8. The number of carbonyl (C=O) groups excluding carboxylic acids is 2. The maximum atomic E-state index is 12.5. The molecule has 0 radical (unpaired) electrons. The minimum atomic E-state index is -0.439. The quantitative estimate of drug-likeness (QED) is 0.227. The van der Waals surface area contributed by atoms with E-state index in [9.17, 15) is 9.59 Å². The van der Waals surface area contributed by atoms with Crippen LogP contribution in [0.2, 0.25) is 0 Å². The molecule has 0 aliphatic heterocycles. The van der Waals surface area contributed by atoms with Crippen LogP contribution in [0, 0.1) is 6.92 Å². The Morgan fingerprint density at radius 1 is 0.973 bits per heavy atom. The van der Waals surface area contributed by atoms with Gasteiger partial charge in [0.25, 0.3) is 0 Å². The molecule has 0 unspecified atom stereocenters. The summed E-state index contributed by atoms with van der Waals surface area (Å²) in [6.07, 6.45) is 4.85. The van der Waals surface area contributed by atoms with Crippen molar-refractivity contribution >= 4 is 44.7 Å². The highest BCUT2D eigenvalue weighted by atomic mass is 32.1. The number of ether oxygens (including phenoxy) is 2. The minimum absolute atomic E-state index is 0.332. The number of carbonyl (C=O) groups is 2. The molecule has 0 saturated carbocycles. The third-order valence-corrected chi connectivity index (χ3v) is 6.67. The normalized spacial score (nSPS) is 10.8. The molecule has 3 heterocycles. The van der Waals surface area contributed by atoms with Crippen LogP contribution in [0.1, 0.15) is 12.0 Å². The number of nitrogens with zero attached hydrogens (tertiary/aromatic N) is 2. The van der Waals surface area contributed by atoms with Gasteiger partial charge < -0.3 is 25.1 Å². The lowest BCUT2D eigenvalue weighted by atomic mass is 10.2. The molecule has 0 aliphatic carbocycles. The van der Waals surface area contributed by atoms with Gasteiger partial charge in [-0.1, -0.05) is 12.1 Å². The van der Waals surface area contributed by atoms with Crippen molar-refractivity contribution in [2.45, 2.75) is 13.3 Å². The number of aromatic amines is 1. The summed E-state index contributed by atoms with van der Waals surface area (Å²) in [5.41, 5.74) is 3.57. The van der Waals surface area contributed by atoms with E-state index in [1.165, 1.54) is 7.11 Å². The summed E-state index contributed by atoms with van der Waals surface area (Å²) in [7, 11) is 1.52. The molecule has 186 valence electrons. The van der Waals surface area contributed by atoms with E-state index in [0.717, 1.165) is 26.4 Å². The van der Waals surface area contributed by atoms with E-state index in [2.05, 4.69) is 25.6 Å². The van der Waals surface area contributed by atoms with E-state index in [-0.39, 0.29) is 6.42 Å². The highest BCUT2D eigenvalue weighted by Crippen LogP contribution is 2.39. The smallest absolute Gasteiger partial charge is 0.233 e. The SMILES string of the molecule is COc1ccccc1NC(=O)CC(=O)Nc1ccc(Oc2ccnc3cc(-c4c[nH]cn4)sc23)c(C)c1. The summed E-state index contributed by atoms with van der Waals surface area (Å²) in [6.45, 7) is 1.89. The molecule has 2 amide bonds. The van der Waals surface area contributed by atoms with Gasteiger partial charge in [0.15, 0.2) is 0 Å². The second-order valence-corrected chi connectivity index (χ2v) is 9.20. The number of hydrogen-bond acceptors (Lipinski definition) is 7. The maximum Gasteiger partial charge on any atom is 0.233 e. The third-order valence-electron chi connectivity index (χ3n) is 5.51. The summed E-state index contributed by atoms with van der Waals surface area (Å²) in [5, 5.41) is 5.46. The predicted molar refractivity (Wildman–Crippen MR) is 143 cm³/mol. The van der Waals surface area contributed by atoms with Crippen molar-refractivity contribution in [3.63, 3.8) is 0 Å². The lowest BCUT2D eigenvalue weighted by molar-refractivity contribution is -0.123. The number of nitrogens with one attached hydrogen (secondary N) is 3. The minimum Gasteiger partial charge on any atom is -0.495 e. The zero-order chi connectivity index (χ0) is 25.8. The largest absolute Gasteiger partial charge is 0.495 e. The first-order valence-electron chi connectivity index (χ1n) is 11.4. The number of anilines is 2. The van der Waals surface area contributed by atoms with Gasteiger partial charge in [-0.15, -0.1) is 11.3 Å². The summed E-state index contributed by atoms with van der Waals surface area (Å²) >= 11 is 1.55. The van der Waals surface area contributed by atoms with Crippen molar-refractivity contribution in [2.24, 2.45) is 0 Å². The van der Waals surface area contributed by atoms with Gasteiger partial charge >= 0.3 is 0 Å². The Morgan fingerprint density at radius 2 is 1.81 bits per heavy atom. The first-order valence-corrected chi connectivity index (χ1v) is 12.2. The van der Waals surface area contributed by atoms with Crippen LogP contribution < -0.4 is 20.1 Å². The molecule has 10 heteroatoms. The van der Waals surface area contributed by atoms with Crippen LogP contribution in [-0.2, 0) is 9.59 Å². The number of H-pyrrole nitrogens is 1. The summed E-state index contributed by atoms with van der Waals surface area (Å²) in [5.74, 6) is 0.985. The number of para-hydroxylation sites is 2. The molecule has 0 atom stereocenters. The fraction of sp³-hybridized carbons (Fsp3) is 0.111. The lowest BCUT2D eigenvalue weighted by Crippen LogP contribution is -2.21.